The molecular formula is C10H15N7O. The third kappa shape index (κ3) is 3.12. The summed E-state index contributed by atoms with van der Waals surface area (Å²) in [5.41, 5.74) is 0. The molecule has 0 aromatic carbocycles. The molecule has 2 aromatic heterocycles. The van der Waals surface area contributed by atoms with Crippen molar-refractivity contribution in [3.05, 3.63) is 24.3 Å². The zero-order chi connectivity index (χ0) is 13.0. The molecule has 0 radical (unpaired) electrons. The lowest BCUT2D eigenvalue weighted by atomic mass is 10.3. The van der Waals surface area contributed by atoms with Gasteiger partial charge in [0.25, 0.3) is 0 Å². The van der Waals surface area contributed by atoms with Crippen LogP contribution in [0.25, 0.3) is 0 Å². The van der Waals surface area contributed by atoms with Crippen molar-refractivity contribution in [3.8, 4) is 0 Å². The number of carbonyl (C=O) groups excluding carboxylic acids is 1. The first-order valence-electron chi connectivity index (χ1n) is 5.59. The number of H-pyrrole nitrogens is 1. The average molecular weight is 249 g/mol. The zero-order valence-corrected chi connectivity index (χ0v) is 10.4. The highest BCUT2D eigenvalue weighted by molar-refractivity contribution is 5.75. The van der Waals surface area contributed by atoms with Crippen LogP contribution in [-0.4, -0.2) is 47.8 Å². The summed E-state index contributed by atoms with van der Waals surface area (Å²) in [6, 6.07) is 0. The topological polar surface area (TPSA) is 92.6 Å². The van der Waals surface area contributed by atoms with Gasteiger partial charge in [-0.25, -0.2) is 9.97 Å². The molecule has 8 heteroatoms. The summed E-state index contributed by atoms with van der Waals surface area (Å²) in [7, 11) is 1.73. The van der Waals surface area contributed by atoms with Crippen molar-refractivity contribution < 1.29 is 4.79 Å². The Morgan fingerprint density at radius 2 is 2.39 bits per heavy atom. The number of aromatic amines is 1. The van der Waals surface area contributed by atoms with E-state index in [1.165, 1.54) is 6.33 Å². The number of rotatable bonds is 5. The molecule has 2 heterocycles. The second-order valence-corrected chi connectivity index (χ2v) is 4.00. The fourth-order valence-corrected chi connectivity index (χ4v) is 1.51. The van der Waals surface area contributed by atoms with Gasteiger partial charge in [-0.2, -0.15) is 10.2 Å². The smallest absolute Gasteiger partial charge is 0.224 e. The minimum absolute atomic E-state index is 0.0213. The second-order valence-electron chi connectivity index (χ2n) is 4.00. The maximum Gasteiger partial charge on any atom is 0.224 e. The Labute approximate surface area is 104 Å². The molecule has 2 rings (SSSR count). The Kier molecular flexibility index (Phi) is 3.66. The highest BCUT2D eigenvalue weighted by atomic mass is 16.2. The highest BCUT2D eigenvalue weighted by Gasteiger charge is 2.11. The standard InChI is InChI=1S/C10H15N7O/c1-8-13-9(15-14-8)5-16(2)10(18)3-4-17-7-11-6-12-17/h6-7H,3-5H2,1-2H3,(H,13,14,15). The molecule has 0 atom stereocenters. The first-order valence-corrected chi connectivity index (χ1v) is 5.59. The number of aryl methyl sites for hydroxylation is 2. The van der Waals surface area contributed by atoms with Crippen LogP contribution < -0.4 is 0 Å². The monoisotopic (exact) mass is 249 g/mol. The maximum absolute atomic E-state index is 11.8. The quantitative estimate of drug-likeness (QED) is 0.789. The van der Waals surface area contributed by atoms with Crippen LogP contribution in [0.15, 0.2) is 12.7 Å². The van der Waals surface area contributed by atoms with Crippen LogP contribution in [0.1, 0.15) is 18.1 Å². The van der Waals surface area contributed by atoms with E-state index in [1.54, 1.807) is 23.0 Å². The molecule has 0 spiro atoms. The third-order valence-electron chi connectivity index (χ3n) is 2.47. The van der Waals surface area contributed by atoms with Crippen molar-refractivity contribution in [2.75, 3.05) is 7.05 Å². The van der Waals surface area contributed by atoms with E-state index in [0.717, 1.165) is 5.82 Å². The number of nitrogens with one attached hydrogen (secondary N) is 1. The molecule has 0 fully saturated rings. The van der Waals surface area contributed by atoms with Crippen LogP contribution in [-0.2, 0) is 17.9 Å². The van der Waals surface area contributed by atoms with Gasteiger partial charge in [0.1, 0.15) is 18.5 Å². The summed E-state index contributed by atoms with van der Waals surface area (Å²) in [6.07, 6.45) is 3.42. The van der Waals surface area contributed by atoms with Crippen molar-refractivity contribution in [2.45, 2.75) is 26.4 Å². The van der Waals surface area contributed by atoms with E-state index in [9.17, 15) is 4.79 Å². The van der Waals surface area contributed by atoms with Crippen molar-refractivity contribution >= 4 is 5.91 Å². The Balaban J connectivity index is 1.81. The van der Waals surface area contributed by atoms with Gasteiger partial charge in [-0.15, -0.1) is 0 Å². The Morgan fingerprint density at radius 1 is 1.56 bits per heavy atom. The zero-order valence-electron chi connectivity index (χ0n) is 10.4. The number of hydrogen-bond donors (Lipinski definition) is 1. The fraction of sp³-hybridized carbons (Fsp3) is 0.500. The predicted molar refractivity (Wildman–Crippen MR) is 62.2 cm³/mol. The van der Waals surface area contributed by atoms with Gasteiger partial charge in [0, 0.05) is 13.5 Å². The van der Waals surface area contributed by atoms with Crippen LogP contribution in [0.5, 0.6) is 0 Å². The van der Waals surface area contributed by atoms with Gasteiger partial charge >= 0.3 is 0 Å². The second kappa shape index (κ2) is 5.39. The van der Waals surface area contributed by atoms with Gasteiger partial charge in [0.2, 0.25) is 5.91 Å². The minimum atomic E-state index is 0.0213. The molecule has 0 aliphatic heterocycles. The molecule has 1 amide bonds. The molecule has 0 unspecified atom stereocenters. The van der Waals surface area contributed by atoms with Crippen LogP contribution in [0.3, 0.4) is 0 Å². The van der Waals surface area contributed by atoms with E-state index in [2.05, 4.69) is 25.3 Å². The summed E-state index contributed by atoms with van der Waals surface area (Å²) in [5, 5.41) is 10.7. The molecule has 0 aliphatic rings. The molecule has 96 valence electrons. The number of nitrogens with zero attached hydrogens (tertiary/aromatic N) is 6. The lowest BCUT2D eigenvalue weighted by Gasteiger charge is -2.14. The predicted octanol–water partition coefficient (Wildman–Crippen LogP) is -0.247. The van der Waals surface area contributed by atoms with Crippen molar-refractivity contribution in [1.29, 1.82) is 0 Å². The van der Waals surface area contributed by atoms with Crippen LogP contribution >= 0.6 is 0 Å². The minimum Gasteiger partial charge on any atom is -0.338 e. The van der Waals surface area contributed by atoms with Crippen LogP contribution in [0, 0.1) is 6.92 Å². The lowest BCUT2D eigenvalue weighted by Crippen LogP contribution is -2.27. The Bertz CT molecular complexity index is 504. The molecule has 0 saturated heterocycles. The normalized spacial score (nSPS) is 10.6. The van der Waals surface area contributed by atoms with Gasteiger partial charge < -0.3 is 4.90 Å². The molecule has 0 saturated carbocycles. The van der Waals surface area contributed by atoms with E-state index >= 15 is 0 Å². The van der Waals surface area contributed by atoms with Gasteiger partial charge in [0.05, 0.1) is 13.1 Å². The van der Waals surface area contributed by atoms with E-state index in [-0.39, 0.29) is 5.91 Å². The van der Waals surface area contributed by atoms with E-state index < -0.39 is 0 Å². The summed E-state index contributed by atoms with van der Waals surface area (Å²) >= 11 is 0. The van der Waals surface area contributed by atoms with Gasteiger partial charge in [-0.1, -0.05) is 0 Å². The Morgan fingerprint density at radius 3 is 3.00 bits per heavy atom. The van der Waals surface area contributed by atoms with Gasteiger partial charge in [-0.3, -0.25) is 14.6 Å². The first-order chi connectivity index (χ1) is 8.65. The molecule has 18 heavy (non-hydrogen) atoms. The molecular weight excluding hydrogens is 234 g/mol. The Hall–Kier alpha value is -2.25. The summed E-state index contributed by atoms with van der Waals surface area (Å²) in [4.78, 5) is 21.4. The van der Waals surface area contributed by atoms with E-state index in [1.807, 2.05) is 6.92 Å². The highest BCUT2D eigenvalue weighted by Crippen LogP contribution is 2.00. The molecule has 8 nitrogen and oxygen atoms in total. The van der Waals surface area contributed by atoms with Crippen molar-refractivity contribution in [1.82, 2.24) is 34.8 Å². The van der Waals surface area contributed by atoms with Gasteiger partial charge in [0.15, 0.2) is 5.82 Å². The van der Waals surface area contributed by atoms with Crippen LogP contribution in [0.2, 0.25) is 0 Å². The summed E-state index contributed by atoms with van der Waals surface area (Å²) in [6.45, 7) is 2.75. The average Bonchev–Trinajstić information content (AvgIpc) is 2.97. The SMILES string of the molecule is Cc1nc(CN(C)C(=O)CCn2cncn2)n[nH]1. The molecule has 0 bridgehead atoms. The number of amides is 1. The fourth-order valence-electron chi connectivity index (χ4n) is 1.51. The summed E-state index contributed by atoms with van der Waals surface area (Å²) in [5.74, 6) is 1.38. The van der Waals surface area contributed by atoms with Crippen molar-refractivity contribution in [3.63, 3.8) is 0 Å². The summed E-state index contributed by atoms with van der Waals surface area (Å²) < 4.78 is 1.63. The number of carbonyl (C=O) groups is 1. The van der Waals surface area contributed by atoms with Crippen molar-refractivity contribution in [2.24, 2.45) is 0 Å². The molecule has 2 aromatic rings. The lowest BCUT2D eigenvalue weighted by molar-refractivity contribution is -0.130. The largest absolute Gasteiger partial charge is 0.338 e. The van der Waals surface area contributed by atoms with E-state index in [4.69, 9.17) is 0 Å². The van der Waals surface area contributed by atoms with Gasteiger partial charge in [-0.05, 0) is 6.92 Å². The number of hydrogen-bond acceptors (Lipinski definition) is 5. The molecule has 1 N–H and O–H groups in total. The van der Waals surface area contributed by atoms with E-state index in [0.29, 0.717) is 25.3 Å². The molecule has 0 aliphatic carbocycles. The maximum atomic E-state index is 11.8. The van der Waals surface area contributed by atoms with Crippen LogP contribution in [0.4, 0.5) is 0 Å². The number of aromatic nitrogens is 6. The third-order valence-corrected chi connectivity index (χ3v) is 2.47. The first kappa shape index (κ1) is 12.2.